The van der Waals surface area contributed by atoms with Crippen molar-refractivity contribution in [3.05, 3.63) is 106 Å². The minimum absolute atomic E-state index is 0.0214. The molecule has 0 aliphatic rings. The van der Waals surface area contributed by atoms with Crippen LogP contribution < -0.4 is 11.3 Å². The van der Waals surface area contributed by atoms with Crippen LogP contribution in [0.3, 0.4) is 0 Å². The molecule has 342 valence electrons. The molecule has 61 heavy (non-hydrogen) atoms. The number of carbonyl (C=O) groups is 3. The normalized spacial score (nSPS) is 12.3. The first-order valence-electron chi connectivity index (χ1n) is 20.7. The summed E-state index contributed by atoms with van der Waals surface area (Å²) in [6, 6.07) is 20.9. The summed E-state index contributed by atoms with van der Waals surface area (Å²) in [5.74, 6) is 5.70. The number of benzene rings is 3. The zero-order chi connectivity index (χ0) is 47.4. The van der Waals surface area contributed by atoms with E-state index >= 15 is 0 Å². The van der Waals surface area contributed by atoms with Crippen molar-refractivity contribution < 1.29 is 28.0 Å². The van der Waals surface area contributed by atoms with Gasteiger partial charge in [-0.1, -0.05) is 106 Å². The fourth-order valence-corrected chi connectivity index (χ4v) is 7.64. The predicted octanol–water partition coefficient (Wildman–Crippen LogP) is 12.2. The molecule has 0 fully saturated rings. The number of rotatable bonds is 12. The van der Waals surface area contributed by atoms with Crippen molar-refractivity contribution in [3.63, 3.8) is 0 Å². The molecule has 0 bridgehead atoms. The number of nitrogens with one attached hydrogen (secondary N) is 1. The van der Waals surface area contributed by atoms with Gasteiger partial charge >= 0.3 is 6.09 Å². The van der Waals surface area contributed by atoms with Crippen LogP contribution in [0.1, 0.15) is 118 Å². The van der Waals surface area contributed by atoms with Gasteiger partial charge in [0.15, 0.2) is 16.6 Å². The largest absolute Gasteiger partial charge is 0.443 e. The molecule has 0 atom stereocenters. The Morgan fingerprint density at radius 2 is 0.984 bits per heavy atom. The van der Waals surface area contributed by atoms with Crippen LogP contribution in [-0.4, -0.2) is 74.2 Å². The molecular weight excluding hydrogens is 844 g/mol. The van der Waals surface area contributed by atoms with Gasteiger partial charge in [0, 0.05) is 11.1 Å². The van der Waals surface area contributed by atoms with Crippen molar-refractivity contribution in [3.8, 4) is 0 Å². The molecule has 3 rings (SSSR count). The molecule has 0 heterocycles. The molecule has 0 aliphatic heterocycles. The summed E-state index contributed by atoms with van der Waals surface area (Å²) in [6.07, 6.45) is -0.693. The van der Waals surface area contributed by atoms with E-state index in [9.17, 15) is 14.4 Å². The van der Waals surface area contributed by atoms with Gasteiger partial charge in [-0.15, -0.1) is 23.2 Å². The van der Waals surface area contributed by atoms with E-state index in [1.54, 1.807) is 0 Å². The summed E-state index contributed by atoms with van der Waals surface area (Å²) >= 11 is 9.53. The first-order valence-corrected chi connectivity index (χ1v) is 27.6. The number of amides is 3. The molecule has 3 N–H and O–H groups in total. The Bertz CT molecular complexity index is 1850. The van der Waals surface area contributed by atoms with Gasteiger partial charge in [-0.05, 0) is 121 Å². The van der Waals surface area contributed by atoms with Crippen LogP contribution in [0.4, 0.5) is 4.79 Å². The number of ether oxygens (including phenoxy) is 1. The number of nitrogens with zero attached hydrogens (tertiary/aromatic N) is 2. The van der Waals surface area contributed by atoms with Crippen LogP contribution in [0.5, 0.6) is 0 Å². The number of hydrogen-bond acceptors (Lipinski definition) is 7. The maximum absolute atomic E-state index is 13.6. The Hall–Kier alpha value is -3.24. The average molecular weight is 920 g/mol. The van der Waals surface area contributed by atoms with Gasteiger partial charge in [-0.25, -0.2) is 21.1 Å². The highest BCUT2D eigenvalue weighted by Crippen LogP contribution is 2.38. The Labute approximate surface area is 380 Å². The van der Waals surface area contributed by atoms with E-state index in [0.717, 1.165) is 27.8 Å². The second-order valence-corrected chi connectivity index (χ2v) is 30.5. The standard InChI is InChI=1S/C27H40N2O4Si.C19H34N2O2Si.CH2Cl2/c1-20-15-21(2)17-23(16-20)24(30)29(27(6,7)19-33-34(8,9)26(3,4)5)28-25(31)32-18-22-13-11-10-12-14-22;1-14-10-15(2)12-16(11-14)17(22)21(20)19(6,7)13-23-24(8,9)18(3,4)5;2-1-3/h10-17H,18-19H2,1-9H3,(H,28,31);10-12H,13,20H2,1-9H3;1H2. The summed E-state index contributed by atoms with van der Waals surface area (Å²) in [7, 11) is -3.96. The number of hydrazine groups is 2. The summed E-state index contributed by atoms with van der Waals surface area (Å²) in [5, 5.41) is 3.00. The van der Waals surface area contributed by atoms with E-state index in [2.05, 4.69) is 73.2 Å². The summed E-state index contributed by atoms with van der Waals surface area (Å²) in [6.45, 7) is 38.2. The molecule has 0 radical (unpaired) electrons. The van der Waals surface area contributed by atoms with Gasteiger partial charge in [0.25, 0.3) is 11.8 Å². The van der Waals surface area contributed by atoms with Crippen LogP contribution >= 0.6 is 23.2 Å². The minimum atomic E-state index is -2.07. The second kappa shape index (κ2) is 22.9. The summed E-state index contributed by atoms with van der Waals surface area (Å²) < 4.78 is 18.1. The van der Waals surface area contributed by atoms with Crippen molar-refractivity contribution in [2.24, 2.45) is 5.84 Å². The molecule has 0 spiro atoms. The number of carbonyl (C=O) groups excluding carboxylic acids is 3. The summed E-state index contributed by atoms with van der Waals surface area (Å²) in [5.41, 5.74) is 7.35. The molecule has 3 amide bonds. The molecule has 14 heteroatoms. The van der Waals surface area contributed by atoms with Crippen molar-refractivity contribution in [1.29, 1.82) is 0 Å². The highest BCUT2D eigenvalue weighted by atomic mass is 35.5. The minimum Gasteiger partial charge on any atom is -0.443 e. The molecule has 10 nitrogen and oxygen atoms in total. The smallest absolute Gasteiger partial charge is 0.426 e. The van der Waals surface area contributed by atoms with E-state index in [4.69, 9.17) is 42.6 Å². The van der Waals surface area contributed by atoms with Gasteiger partial charge in [0.2, 0.25) is 0 Å². The number of aryl methyl sites for hydroxylation is 4. The van der Waals surface area contributed by atoms with Gasteiger partial charge in [0.05, 0.1) is 29.6 Å². The van der Waals surface area contributed by atoms with Crippen LogP contribution in [0, 0.1) is 27.7 Å². The van der Waals surface area contributed by atoms with Crippen molar-refractivity contribution in [1.82, 2.24) is 15.4 Å². The van der Waals surface area contributed by atoms with Crippen LogP contribution in [0.15, 0.2) is 66.7 Å². The third kappa shape index (κ3) is 17.8. The molecule has 0 aromatic heterocycles. The summed E-state index contributed by atoms with van der Waals surface area (Å²) in [4.78, 5) is 39.2. The number of hydrogen-bond donors (Lipinski definition) is 2. The fraction of sp³-hybridized carbons (Fsp3) is 0.553. The van der Waals surface area contributed by atoms with Crippen LogP contribution in [0.2, 0.25) is 36.3 Å². The topological polar surface area (TPSA) is 123 Å². The Balaban J connectivity index is 0.000000604. The van der Waals surface area contributed by atoms with E-state index in [1.807, 2.05) is 122 Å². The number of halogens is 2. The number of alkyl halides is 2. The molecule has 0 saturated carbocycles. The van der Waals surface area contributed by atoms with Gasteiger partial charge in [-0.2, -0.15) is 0 Å². The van der Waals surface area contributed by atoms with Crippen LogP contribution in [0.25, 0.3) is 0 Å². The van der Waals surface area contributed by atoms with Crippen molar-refractivity contribution in [2.45, 2.75) is 151 Å². The Morgan fingerprint density at radius 1 is 0.623 bits per heavy atom. The van der Waals surface area contributed by atoms with E-state index in [-0.39, 0.29) is 40.4 Å². The first kappa shape index (κ1) is 55.8. The maximum atomic E-state index is 13.6. The second-order valence-electron chi connectivity index (χ2n) is 20.1. The number of nitrogens with two attached hydrogens (primary N) is 1. The molecular formula is C47H76Cl2N4O6Si2. The van der Waals surface area contributed by atoms with Gasteiger partial charge in [0.1, 0.15) is 6.61 Å². The van der Waals surface area contributed by atoms with E-state index < -0.39 is 33.8 Å². The molecule has 3 aromatic rings. The predicted molar refractivity (Wildman–Crippen MR) is 259 cm³/mol. The third-order valence-electron chi connectivity index (χ3n) is 11.2. The molecule has 3 aromatic carbocycles. The highest BCUT2D eigenvalue weighted by molar-refractivity contribution is 6.74. The molecule has 0 unspecified atom stereocenters. The Kier molecular flexibility index (Phi) is 21.0. The monoisotopic (exact) mass is 918 g/mol. The lowest BCUT2D eigenvalue weighted by Gasteiger charge is -2.42. The third-order valence-corrected chi connectivity index (χ3v) is 20.2. The van der Waals surface area contributed by atoms with Crippen LogP contribution in [-0.2, 0) is 20.2 Å². The zero-order valence-corrected chi connectivity index (χ0v) is 43.9. The lowest BCUT2D eigenvalue weighted by atomic mass is 10.0. The quantitative estimate of drug-likeness (QED) is 0.0610. The average Bonchev–Trinajstić information content (AvgIpc) is 3.13. The fourth-order valence-electron chi connectivity index (χ4n) is 5.34. The van der Waals surface area contributed by atoms with Gasteiger partial charge < -0.3 is 13.6 Å². The molecule has 0 saturated heterocycles. The maximum Gasteiger partial charge on any atom is 0.426 e. The van der Waals surface area contributed by atoms with E-state index in [1.165, 1.54) is 10.0 Å². The zero-order valence-electron chi connectivity index (χ0n) is 40.4. The van der Waals surface area contributed by atoms with Crippen molar-refractivity contribution >= 4 is 57.7 Å². The highest BCUT2D eigenvalue weighted by Gasteiger charge is 2.42. The molecule has 0 aliphatic carbocycles. The Morgan fingerprint density at radius 3 is 1.36 bits per heavy atom. The lowest BCUT2D eigenvalue weighted by molar-refractivity contribution is 0.0131. The lowest BCUT2D eigenvalue weighted by Crippen LogP contribution is -2.60. The van der Waals surface area contributed by atoms with Crippen molar-refractivity contribution in [2.75, 3.05) is 18.6 Å². The SMILES string of the molecule is Cc1cc(C)cc(C(=O)N(N)C(C)(C)CO[Si](C)(C)C(C)(C)C)c1.Cc1cc(C)cc(C(=O)N(NC(=O)OCc2ccccc2)C(C)(C)CO[Si](C)(C)C(C)(C)C)c1.ClCCl. The van der Waals surface area contributed by atoms with E-state index in [0.29, 0.717) is 17.7 Å². The van der Waals surface area contributed by atoms with Gasteiger partial charge in [-0.3, -0.25) is 14.6 Å². The first-order chi connectivity index (χ1) is 27.7.